The molecule has 6 heteroatoms. The number of nitrogens with two attached hydrogens (primary N) is 1. The molecular formula is C8H8N4O2. The van der Waals surface area contributed by atoms with Crippen LogP contribution in [0, 0.1) is 0 Å². The molecule has 0 spiro atoms. The number of aliphatic hydroxyl groups is 1. The summed E-state index contributed by atoms with van der Waals surface area (Å²) in [4.78, 5) is 7.89. The van der Waals surface area contributed by atoms with Crippen LogP contribution in [-0.4, -0.2) is 20.2 Å². The van der Waals surface area contributed by atoms with Crippen molar-refractivity contribution in [3.63, 3.8) is 0 Å². The maximum atomic E-state index is 8.72. The van der Waals surface area contributed by atoms with Crippen LogP contribution in [0.1, 0.15) is 5.89 Å². The summed E-state index contributed by atoms with van der Waals surface area (Å²) >= 11 is 0. The maximum absolute atomic E-state index is 8.72. The van der Waals surface area contributed by atoms with Gasteiger partial charge in [0.25, 0.3) is 5.89 Å². The summed E-state index contributed by atoms with van der Waals surface area (Å²) < 4.78 is 4.72. The first-order valence-electron chi connectivity index (χ1n) is 3.95. The highest BCUT2D eigenvalue weighted by Crippen LogP contribution is 2.19. The number of nitrogens with zero attached hydrogens (tertiary/aromatic N) is 3. The summed E-state index contributed by atoms with van der Waals surface area (Å²) in [5, 5.41) is 12.3. The number of pyridine rings is 1. The number of anilines is 1. The van der Waals surface area contributed by atoms with Gasteiger partial charge in [-0.05, 0) is 12.1 Å². The summed E-state index contributed by atoms with van der Waals surface area (Å²) in [6.45, 7) is -0.292. The predicted molar refractivity (Wildman–Crippen MR) is 47.9 cm³/mol. The lowest BCUT2D eigenvalue weighted by atomic mass is 10.3. The Bertz CT molecular complexity index is 440. The second kappa shape index (κ2) is 3.43. The highest BCUT2D eigenvalue weighted by Gasteiger charge is 2.11. The van der Waals surface area contributed by atoms with Crippen LogP contribution >= 0.6 is 0 Å². The summed E-state index contributed by atoms with van der Waals surface area (Å²) in [6.07, 6.45) is 1.58. The van der Waals surface area contributed by atoms with E-state index in [1.54, 1.807) is 18.3 Å². The third-order valence-electron chi connectivity index (χ3n) is 1.65. The minimum Gasteiger partial charge on any atom is -0.397 e. The van der Waals surface area contributed by atoms with Crippen LogP contribution in [0.4, 0.5) is 5.69 Å². The lowest BCUT2D eigenvalue weighted by Crippen LogP contribution is -1.94. The van der Waals surface area contributed by atoms with E-state index in [0.29, 0.717) is 11.4 Å². The molecule has 6 nitrogen and oxygen atoms in total. The second-order valence-corrected chi connectivity index (χ2v) is 2.61. The SMILES string of the molecule is Nc1cccnc1-c1noc(CO)n1. The molecule has 0 fully saturated rings. The lowest BCUT2D eigenvalue weighted by molar-refractivity contribution is 0.222. The van der Waals surface area contributed by atoms with Crippen LogP contribution < -0.4 is 5.73 Å². The molecule has 72 valence electrons. The van der Waals surface area contributed by atoms with Crippen molar-refractivity contribution >= 4 is 5.69 Å². The molecular weight excluding hydrogens is 184 g/mol. The van der Waals surface area contributed by atoms with Crippen LogP contribution in [-0.2, 0) is 6.61 Å². The van der Waals surface area contributed by atoms with Crippen LogP contribution in [0.25, 0.3) is 11.5 Å². The molecule has 0 radical (unpaired) electrons. The van der Waals surface area contributed by atoms with Crippen molar-refractivity contribution in [3.8, 4) is 11.5 Å². The van der Waals surface area contributed by atoms with Crippen molar-refractivity contribution < 1.29 is 9.63 Å². The van der Waals surface area contributed by atoms with Gasteiger partial charge in [0.05, 0.1) is 5.69 Å². The fourth-order valence-corrected chi connectivity index (χ4v) is 1.02. The Morgan fingerprint density at radius 3 is 3.00 bits per heavy atom. The van der Waals surface area contributed by atoms with E-state index in [1.165, 1.54) is 0 Å². The first kappa shape index (κ1) is 8.64. The van der Waals surface area contributed by atoms with Gasteiger partial charge in [0.2, 0.25) is 5.82 Å². The summed E-state index contributed by atoms with van der Waals surface area (Å²) in [6, 6.07) is 3.41. The van der Waals surface area contributed by atoms with Gasteiger partial charge in [-0.3, -0.25) is 4.98 Å². The topological polar surface area (TPSA) is 98.1 Å². The Morgan fingerprint density at radius 2 is 2.36 bits per heavy atom. The molecule has 2 heterocycles. The van der Waals surface area contributed by atoms with E-state index >= 15 is 0 Å². The molecule has 0 unspecified atom stereocenters. The highest BCUT2D eigenvalue weighted by atomic mass is 16.5. The van der Waals surface area contributed by atoms with Crippen LogP contribution in [0.5, 0.6) is 0 Å². The molecule has 0 bridgehead atoms. The molecule has 0 aliphatic rings. The van der Waals surface area contributed by atoms with Gasteiger partial charge in [-0.25, -0.2) is 0 Å². The van der Waals surface area contributed by atoms with Crippen LogP contribution in [0.15, 0.2) is 22.9 Å². The molecule has 0 saturated heterocycles. The summed E-state index contributed by atoms with van der Waals surface area (Å²) in [5.74, 6) is 0.428. The fourth-order valence-electron chi connectivity index (χ4n) is 1.02. The van der Waals surface area contributed by atoms with Crippen molar-refractivity contribution in [3.05, 3.63) is 24.2 Å². The molecule has 3 N–H and O–H groups in total. The number of hydrogen-bond donors (Lipinski definition) is 2. The Kier molecular flexibility index (Phi) is 2.11. The Labute approximate surface area is 79.4 Å². The van der Waals surface area contributed by atoms with Crippen molar-refractivity contribution in [1.82, 2.24) is 15.1 Å². The normalized spacial score (nSPS) is 10.4. The average Bonchev–Trinajstić information content (AvgIpc) is 2.67. The zero-order chi connectivity index (χ0) is 9.97. The minimum absolute atomic E-state index is 0.144. The molecule has 2 aromatic heterocycles. The van der Waals surface area contributed by atoms with Gasteiger partial charge in [-0.15, -0.1) is 0 Å². The lowest BCUT2D eigenvalue weighted by Gasteiger charge is -1.96. The Balaban J connectivity index is 2.44. The predicted octanol–water partition coefficient (Wildman–Crippen LogP) is 0.206. The quantitative estimate of drug-likeness (QED) is 0.705. The molecule has 0 amide bonds. The molecule has 0 atom stereocenters. The fraction of sp³-hybridized carbons (Fsp3) is 0.125. The van der Waals surface area contributed by atoms with E-state index in [-0.39, 0.29) is 18.3 Å². The standard InChI is InChI=1S/C8H8N4O2/c9-5-2-1-3-10-7(5)8-11-6(4-13)14-12-8/h1-3,13H,4,9H2. The van der Waals surface area contributed by atoms with E-state index in [1.807, 2.05) is 0 Å². The molecule has 14 heavy (non-hydrogen) atoms. The number of nitrogen functional groups attached to an aromatic ring is 1. The number of rotatable bonds is 2. The van der Waals surface area contributed by atoms with Crippen LogP contribution in [0.3, 0.4) is 0 Å². The largest absolute Gasteiger partial charge is 0.397 e. The van der Waals surface area contributed by atoms with E-state index in [4.69, 9.17) is 15.4 Å². The third-order valence-corrected chi connectivity index (χ3v) is 1.65. The van der Waals surface area contributed by atoms with Crippen molar-refractivity contribution in [2.24, 2.45) is 0 Å². The molecule has 0 aromatic carbocycles. The summed E-state index contributed by atoms with van der Waals surface area (Å²) in [7, 11) is 0. The molecule has 2 rings (SSSR count). The van der Waals surface area contributed by atoms with Crippen molar-refractivity contribution in [2.45, 2.75) is 6.61 Å². The number of aliphatic hydroxyl groups excluding tert-OH is 1. The van der Waals surface area contributed by atoms with Crippen molar-refractivity contribution in [2.75, 3.05) is 5.73 Å². The zero-order valence-corrected chi connectivity index (χ0v) is 7.21. The average molecular weight is 192 g/mol. The van der Waals surface area contributed by atoms with Gasteiger partial charge in [0, 0.05) is 6.20 Å². The monoisotopic (exact) mass is 192 g/mol. The Hall–Kier alpha value is -1.95. The van der Waals surface area contributed by atoms with Gasteiger partial charge in [0.1, 0.15) is 12.3 Å². The smallest absolute Gasteiger partial charge is 0.252 e. The van der Waals surface area contributed by atoms with E-state index < -0.39 is 0 Å². The van der Waals surface area contributed by atoms with Crippen molar-refractivity contribution in [1.29, 1.82) is 0 Å². The third kappa shape index (κ3) is 1.42. The molecule has 2 aromatic rings. The first-order valence-corrected chi connectivity index (χ1v) is 3.95. The van der Waals surface area contributed by atoms with Crippen LogP contribution in [0.2, 0.25) is 0 Å². The second-order valence-electron chi connectivity index (χ2n) is 2.61. The molecule has 0 saturated carbocycles. The van der Waals surface area contributed by atoms with E-state index in [0.717, 1.165) is 0 Å². The van der Waals surface area contributed by atoms with E-state index in [2.05, 4.69) is 15.1 Å². The van der Waals surface area contributed by atoms with Gasteiger partial charge in [-0.2, -0.15) is 4.98 Å². The first-order chi connectivity index (χ1) is 6.81. The minimum atomic E-state index is -0.292. The number of hydrogen-bond acceptors (Lipinski definition) is 6. The number of aromatic nitrogens is 3. The van der Waals surface area contributed by atoms with Gasteiger partial charge >= 0.3 is 0 Å². The van der Waals surface area contributed by atoms with Gasteiger partial charge < -0.3 is 15.4 Å². The Morgan fingerprint density at radius 1 is 1.50 bits per heavy atom. The van der Waals surface area contributed by atoms with E-state index in [9.17, 15) is 0 Å². The summed E-state index contributed by atoms with van der Waals surface area (Å²) in [5.41, 5.74) is 6.58. The zero-order valence-electron chi connectivity index (χ0n) is 7.21. The highest BCUT2D eigenvalue weighted by molar-refractivity contribution is 5.66. The van der Waals surface area contributed by atoms with Gasteiger partial charge in [0.15, 0.2) is 0 Å². The molecule has 0 aliphatic carbocycles. The maximum Gasteiger partial charge on any atom is 0.252 e. The molecule has 0 aliphatic heterocycles. The van der Waals surface area contributed by atoms with Gasteiger partial charge in [-0.1, -0.05) is 5.16 Å².